The molecule has 1 atom stereocenters. The number of nitrogens with zero attached hydrogens (tertiary/aromatic N) is 5. The summed E-state index contributed by atoms with van der Waals surface area (Å²) in [4.78, 5) is 32.2. The second-order valence-corrected chi connectivity index (χ2v) is 9.16. The zero-order valence-electron chi connectivity index (χ0n) is 16.8. The van der Waals surface area contributed by atoms with Gasteiger partial charge < -0.3 is 4.74 Å². The Hall–Kier alpha value is -2.78. The Morgan fingerprint density at radius 3 is 2.70 bits per heavy atom. The molecule has 4 heterocycles. The molecule has 9 heteroatoms. The van der Waals surface area contributed by atoms with Gasteiger partial charge in [0.15, 0.2) is 0 Å². The van der Waals surface area contributed by atoms with Crippen LogP contribution in [-0.4, -0.2) is 44.4 Å². The van der Waals surface area contributed by atoms with Crippen LogP contribution in [0, 0.1) is 5.41 Å². The Bertz CT molecular complexity index is 1170. The molecule has 1 fully saturated rings. The highest BCUT2D eigenvalue weighted by Gasteiger charge is 2.44. The van der Waals surface area contributed by atoms with Crippen molar-refractivity contribution < 1.29 is 4.74 Å². The molecule has 0 N–H and O–H groups in total. The van der Waals surface area contributed by atoms with Crippen molar-refractivity contribution in [2.24, 2.45) is 5.41 Å². The van der Waals surface area contributed by atoms with Crippen LogP contribution in [0.15, 0.2) is 45.4 Å². The molecule has 2 aliphatic rings. The Kier molecular flexibility index (Phi) is 4.79. The monoisotopic (exact) mass is 425 g/mol. The van der Waals surface area contributed by atoms with Crippen LogP contribution < -0.4 is 15.9 Å². The molecule has 1 spiro atoms. The van der Waals surface area contributed by atoms with E-state index in [0.717, 1.165) is 48.8 Å². The fourth-order valence-corrected chi connectivity index (χ4v) is 5.23. The van der Waals surface area contributed by atoms with Crippen LogP contribution in [0.5, 0.6) is 5.75 Å². The lowest BCUT2D eigenvalue weighted by atomic mass is 9.86. The molecule has 30 heavy (non-hydrogen) atoms. The van der Waals surface area contributed by atoms with E-state index in [1.807, 2.05) is 35.8 Å². The number of rotatable bonds is 5. The summed E-state index contributed by atoms with van der Waals surface area (Å²) in [7, 11) is 1.61. The summed E-state index contributed by atoms with van der Waals surface area (Å²) in [6.07, 6.45) is 3.55. The van der Waals surface area contributed by atoms with Crippen LogP contribution in [0.1, 0.15) is 22.8 Å². The minimum absolute atomic E-state index is 0.0256. The van der Waals surface area contributed by atoms with Crippen LogP contribution in [-0.2, 0) is 26.1 Å². The topological polar surface area (TPSA) is 82.2 Å². The van der Waals surface area contributed by atoms with Crippen molar-refractivity contribution in [3.63, 3.8) is 0 Å². The largest absolute Gasteiger partial charge is 0.497 e. The van der Waals surface area contributed by atoms with Crippen molar-refractivity contribution in [1.29, 1.82) is 0 Å². The molecule has 0 aliphatic carbocycles. The molecule has 0 bridgehead atoms. The minimum Gasteiger partial charge on any atom is -0.497 e. The lowest BCUT2D eigenvalue weighted by Gasteiger charge is -2.22. The molecule has 1 saturated heterocycles. The number of benzene rings is 1. The van der Waals surface area contributed by atoms with Gasteiger partial charge in [-0.25, -0.2) is 9.67 Å². The number of aromatic nitrogens is 4. The van der Waals surface area contributed by atoms with Crippen molar-refractivity contribution in [3.05, 3.63) is 72.9 Å². The van der Waals surface area contributed by atoms with E-state index in [9.17, 15) is 9.59 Å². The zero-order chi connectivity index (χ0) is 20.7. The zero-order valence-corrected chi connectivity index (χ0v) is 17.6. The summed E-state index contributed by atoms with van der Waals surface area (Å²) in [5.74, 6) is 1.46. The molecule has 0 radical (unpaired) electrons. The van der Waals surface area contributed by atoms with E-state index < -0.39 is 11.1 Å². The average Bonchev–Trinajstić information content (AvgIpc) is 3.48. The molecule has 1 aromatic carbocycles. The van der Waals surface area contributed by atoms with E-state index in [4.69, 9.17) is 4.74 Å². The van der Waals surface area contributed by atoms with E-state index in [1.54, 1.807) is 23.0 Å². The normalized spacial score (nSPS) is 20.7. The Morgan fingerprint density at radius 1 is 1.13 bits per heavy atom. The van der Waals surface area contributed by atoms with Crippen LogP contribution in [0.2, 0.25) is 0 Å². The summed E-state index contributed by atoms with van der Waals surface area (Å²) in [6.45, 7) is 3.54. The first-order valence-electron chi connectivity index (χ1n) is 10.00. The van der Waals surface area contributed by atoms with Gasteiger partial charge in [0.25, 0.3) is 0 Å². The van der Waals surface area contributed by atoms with E-state index in [0.29, 0.717) is 12.4 Å². The maximum atomic E-state index is 12.8. The number of fused-ring (bicyclic) bond motifs is 1. The molecule has 5 rings (SSSR count). The minimum atomic E-state index is -0.566. The summed E-state index contributed by atoms with van der Waals surface area (Å²) >= 11 is 1.66. The molecule has 0 saturated carbocycles. The summed E-state index contributed by atoms with van der Waals surface area (Å²) < 4.78 is 8.07. The highest BCUT2D eigenvalue weighted by atomic mass is 32.1. The van der Waals surface area contributed by atoms with E-state index in [-0.39, 0.29) is 12.0 Å². The fourth-order valence-electron chi connectivity index (χ4n) is 4.57. The third-order valence-corrected chi connectivity index (χ3v) is 6.85. The second kappa shape index (κ2) is 7.48. The smallest absolute Gasteiger partial charge is 0.332 e. The third-order valence-electron chi connectivity index (χ3n) is 6.09. The second-order valence-electron chi connectivity index (χ2n) is 8.18. The summed E-state index contributed by atoms with van der Waals surface area (Å²) in [6, 6.07) is 7.44. The van der Waals surface area contributed by atoms with E-state index in [1.165, 1.54) is 4.68 Å². The summed E-state index contributed by atoms with van der Waals surface area (Å²) in [5.41, 5.74) is -0.159. The standard InChI is InChI=1S/C21H23N5O3S/c1-29-16-4-2-15(3-5-16)11-26-20(28)19(27)25-14-21(10-17(25)23-26)6-8-24(13-21)12-18-22-7-9-30-18/h2-5,7,9H,6,8,10-14H2,1H3. The van der Waals surface area contributed by atoms with Gasteiger partial charge in [-0.15, -0.1) is 11.3 Å². The maximum Gasteiger partial charge on any atom is 0.332 e. The van der Waals surface area contributed by atoms with Crippen LogP contribution in [0.3, 0.4) is 0 Å². The van der Waals surface area contributed by atoms with E-state index >= 15 is 0 Å². The predicted molar refractivity (Wildman–Crippen MR) is 113 cm³/mol. The van der Waals surface area contributed by atoms with Crippen molar-refractivity contribution in [1.82, 2.24) is 24.2 Å². The predicted octanol–water partition coefficient (Wildman–Crippen LogP) is 1.37. The van der Waals surface area contributed by atoms with Gasteiger partial charge in [0.2, 0.25) is 0 Å². The molecule has 2 aromatic heterocycles. The Labute approximate surface area is 177 Å². The molecular formula is C21H23N5O3S. The fraction of sp³-hybridized carbons (Fsp3) is 0.429. The van der Waals surface area contributed by atoms with Crippen LogP contribution in [0.25, 0.3) is 0 Å². The SMILES string of the molecule is COc1ccc(Cn2nc3n(c(=O)c2=O)CC2(CCN(Cc4nccs4)C2)C3)cc1. The molecule has 3 aromatic rings. The molecule has 156 valence electrons. The van der Waals surface area contributed by atoms with Gasteiger partial charge in [-0.1, -0.05) is 12.1 Å². The molecule has 2 aliphatic heterocycles. The van der Waals surface area contributed by atoms with Gasteiger partial charge in [-0.05, 0) is 30.7 Å². The lowest BCUT2D eigenvalue weighted by molar-refractivity contribution is 0.246. The van der Waals surface area contributed by atoms with Gasteiger partial charge in [-0.3, -0.25) is 19.1 Å². The lowest BCUT2D eigenvalue weighted by Crippen LogP contribution is -2.43. The highest BCUT2D eigenvalue weighted by Crippen LogP contribution is 2.39. The van der Waals surface area contributed by atoms with Crippen molar-refractivity contribution in [3.8, 4) is 5.75 Å². The van der Waals surface area contributed by atoms with Gasteiger partial charge in [0.1, 0.15) is 16.6 Å². The van der Waals surface area contributed by atoms with Gasteiger partial charge in [0, 0.05) is 36.5 Å². The van der Waals surface area contributed by atoms with Gasteiger partial charge in [-0.2, -0.15) is 5.10 Å². The summed E-state index contributed by atoms with van der Waals surface area (Å²) in [5, 5.41) is 7.68. The molecule has 0 amide bonds. The van der Waals surface area contributed by atoms with E-state index in [2.05, 4.69) is 15.0 Å². The third kappa shape index (κ3) is 3.48. The molecule has 8 nitrogen and oxygen atoms in total. The number of hydrogen-bond acceptors (Lipinski definition) is 7. The van der Waals surface area contributed by atoms with Crippen molar-refractivity contribution >= 4 is 11.3 Å². The van der Waals surface area contributed by atoms with Gasteiger partial charge >= 0.3 is 11.1 Å². The van der Waals surface area contributed by atoms with Gasteiger partial charge in [0.05, 0.1) is 20.2 Å². The molecular weight excluding hydrogens is 402 g/mol. The quantitative estimate of drug-likeness (QED) is 0.574. The van der Waals surface area contributed by atoms with Crippen molar-refractivity contribution in [2.45, 2.75) is 32.5 Å². The number of ether oxygens (including phenoxy) is 1. The Balaban J connectivity index is 1.36. The number of methoxy groups -OCH3 is 1. The molecule has 1 unspecified atom stereocenters. The highest BCUT2D eigenvalue weighted by molar-refractivity contribution is 7.09. The first-order valence-corrected chi connectivity index (χ1v) is 10.9. The number of thiazole rings is 1. The van der Waals surface area contributed by atoms with Crippen LogP contribution in [0.4, 0.5) is 0 Å². The number of likely N-dealkylation sites (tertiary alicyclic amines) is 1. The first-order chi connectivity index (χ1) is 14.5. The number of hydrogen-bond donors (Lipinski definition) is 0. The Morgan fingerprint density at radius 2 is 1.97 bits per heavy atom. The first kappa shape index (κ1) is 19.2. The van der Waals surface area contributed by atoms with Crippen LogP contribution >= 0.6 is 11.3 Å². The average molecular weight is 426 g/mol. The van der Waals surface area contributed by atoms with Crippen molar-refractivity contribution in [2.75, 3.05) is 20.2 Å². The maximum absolute atomic E-state index is 12.8.